The zero-order valence-corrected chi connectivity index (χ0v) is 19.3. The normalized spacial score (nSPS) is 15.6. The minimum absolute atomic E-state index is 0.0200. The Hall–Kier alpha value is -3.82. The second kappa shape index (κ2) is 11.4. The monoisotopic (exact) mass is 456 g/mol. The number of nitrogens with zero attached hydrogens (tertiary/aromatic N) is 1. The number of ether oxygens (including phenoxy) is 3. The lowest BCUT2D eigenvalue weighted by Gasteiger charge is -2.14. The van der Waals surface area contributed by atoms with Gasteiger partial charge < -0.3 is 19.5 Å². The van der Waals surface area contributed by atoms with Crippen LogP contribution in [-0.4, -0.2) is 31.8 Å². The van der Waals surface area contributed by atoms with Crippen molar-refractivity contribution in [2.45, 2.75) is 32.5 Å². The van der Waals surface area contributed by atoms with Gasteiger partial charge in [0.1, 0.15) is 18.2 Å². The van der Waals surface area contributed by atoms with Crippen LogP contribution in [0.25, 0.3) is 16.8 Å². The zero-order valence-electron chi connectivity index (χ0n) is 19.3. The highest BCUT2D eigenvalue weighted by atomic mass is 16.5. The van der Waals surface area contributed by atoms with Crippen molar-refractivity contribution in [3.63, 3.8) is 0 Å². The summed E-state index contributed by atoms with van der Waals surface area (Å²) in [7, 11) is 0. The van der Waals surface area contributed by atoms with Gasteiger partial charge in [-0.3, -0.25) is 4.79 Å². The Bertz CT molecular complexity index is 1220. The molecule has 1 atom stereocenters. The Labute approximate surface area is 199 Å². The van der Waals surface area contributed by atoms with Gasteiger partial charge in [0.05, 0.1) is 12.7 Å². The largest absolute Gasteiger partial charge is 0.490 e. The lowest BCUT2D eigenvalue weighted by molar-refractivity contribution is -0.117. The molecule has 1 fully saturated rings. The molecule has 1 aliphatic rings. The van der Waals surface area contributed by atoms with Crippen LogP contribution in [0, 0.1) is 11.3 Å². The minimum atomic E-state index is -0.410. The zero-order chi connectivity index (χ0) is 23.8. The topological polar surface area (TPSA) is 80.6 Å². The van der Waals surface area contributed by atoms with E-state index in [9.17, 15) is 10.1 Å². The minimum Gasteiger partial charge on any atom is -0.490 e. The molecule has 1 amide bonds. The van der Waals surface area contributed by atoms with E-state index in [1.807, 2.05) is 43.3 Å². The van der Waals surface area contributed by atoms with E-state index in [2.05, 4.69) is 23.5 Å². The molecule has 0 aliphatic carbocycles. The maximum Gasteiger partial charge on any atom is 0.262 e. The van der Waals surface area contributed by atoms with E-state index in [-0.39, 0.29) is 11.7 Å². The number of nitrogens with one attached hydrogen (secondary N) is 1. The molecule has 3 aromatic carbocycles. The molecule has 3 aromatic rings. The SMILES string of the molecule is CCOc1cc(/C=C(/C#N)C(=O)NCC2CCCO2)ccc1OCc1cccc2ccccc12. The molecule has 0 bridgehead atoms. The second-order valence-electron chi connectivity index (χ2n) is 8.08. The lowest BCUT2D eigenvalue weighted by Crippen LogP contribution is -2.32. The van der Waals surface area contributed by atoms with E-state index in [1.165, 1.54) is 0 Å². The summed E-state index contributed by atoms with van der Waals surface area (Å²) in [4.78, 5) is 12.5. The van der Waals surface area contributed by atoms with Crippen molar-refractivity contribution < 1.29 is 19.0 Å². The van der Waals surface area contributed by atoms with E-state index in [1.54, 1.807) is 18.2 Å². The smallest absolute Gasteiger partial charge is 0.262 e. The standard InChI is InChI=1S/C28H28N2O4/c1-2-32-27-16-20(15-23(17-29)28(31)30-18-24-10-6-14-33-24)12-13-26(27)34-19-22-9-5-8-21-7-3-4-11-25(21)22/h3-5,7-9,11-13,15-16,24H,2,6,10,14,18-19H2,1H3,(H,30,31)/b23-15-. The summed E-state index contributed by atoms with van der Waals surface area (Å²) in [5, 5.41) is 14.6. The first-order valence-corrected chi connectivity index (χ1v) is 11.6. The predicted molar refractivity (Wildman–Crippen MR) is 131 cm³/mol. The number of carbonyl (C=O) groups is 1. The Balaban J connectivity index is 1.48. The highest BCUT2D eigenvalue weighted by molar-refractivity contribution is 6.01. The fourth-order valence-electron chi connectivity index (χ4n) is 4.00. The molecule has 34 heavy (non-hydrogen) atoms. The average molecular weight is 457 g/mol. The van der Waals surface area contributed by atoms with Gasteiger partial charge in [0.2, 0.25) is 0 Å². The highest BCUT2D eigenvalue weighted by Crippen LogP contribution is 2.31. The van der Waals surface area contributed by atoms with Gasteiger partial charge in [-0.05, 0) is 59.9 Å². The molecule has 0 aromatic heterocycles. The Morgan fingerprint density at radius 1 is 1.15 bits per heavy atom. The summed E-state index contributed by atoms with van der Waals surface area (Å²) in [5.41, 5.74) is 1.80. The molecule has 174 valence electrons. The van der Waals surface area contributed by atoms with Crippen LogP contribution in [0.5, 0.6) is 11.5 Å². The Morgan fingerprint density at radius 3 is 2.79 bits per heavy atom. The van der Waals surface area contributed by atoms with Gasteiger partial charge >= 0.3 is 0 Å². The maximum atomic E-state index is 12.5. The van der Waals surface area contributed by atoms with Gasteiger partial charge in [-0.15, -0.1) is 0 Å². The number of carbonyl (C=O) groups excluding carboxylic acids is 1. The molecular weight excluding hydrogens is 428 g/mol. The van der Waals surface area contributed by atoms with Crippen LogP contribution in [0.15, 0.2) is 66.2 Å². The number of amides is 1. The fraction of sp³-hybridized carbons (Fsp3) is 0.286. The summed E-state index contributed by atoms with van der Waals surface area (Å²) >= 11 is 0. The first kappa shape index (κ1) is 23.3. The lowest BCUT2D eigenvalue weighted by atomic mass is 10.1. The van der Waals surface area contributed by atoms with Crippen LogP contribution in [0.4, 0.5) is 0 Å². The first-order valence-electron chi connectivity index (χ1n) is 11.6. The summed E-state index contributed by atoms with van der Waals surface area (Å²) in [6.45, 7) is 3.88. The third kappa shape index (κ3) is 5.75. The van der Waals surface area contributed by atoms with Crippen molar-refractivity contribution in [2.24, 2.45) is 0 Å². The summed E-state index contributed by atoms with van der Waals surface area (Å²) < 4.78 is 17.4. The van der Waals surface area contributed by atoms with Gasteiger partial charge in [0.15, 0.2) is 11.5 Å². The number of hydrogen-bond donors (Lipinski definition) is 1. The number of hydrogen-bond acceptors (Lipinski definition) is 5. The molecule has 1 unspecified atom stereocenters. The fourth-order valence-corrected chi connectivity index (χ4v) is 4.00. The quantitative estimate of drug-likeness (QED) is 0.361. The first-order chi connectivity index (χ1) is 16.7. The van der Waals surface area contributed by atoms with Crippen molar-refractivity contribution in [3.8, 4) is 17.6 Å². The second-order valence-corrected chi connectivity index (χ2v) is 8.08. The van der Waals surface area contributed by atoms with Gasteiger partial charge in [-0.2, -0.15) is 5.26 Å². The molecule has 0 spiro atoms. The third-order valence-electron chi connectivity index (χ3n) is 5.72. The van der Waals surface area contributed by atoms with Crippen LogP contribution in [0.3, 0.4) is 0 Å². The predicted octanol–water partition coefficient (Wildman–Crippen LogP) is 5.02. The summed E-state index contributed by atoms with van der Waals surface area (Å²) in [5.74, 6) is 0.758. The van der Waals surface area contributed by atoms with Crippen LogP contribution >= 0.6 is 0 Å². The molecule has 1 saturated heterocycles. The number of nitriles is 1. The molecule has 1 N–H and O–H groups in total. The molecule has 1 aliphatic heterocycles. The number of benzene rings is 3. The molecule has 4 rings (SSSR count). The van der Waals surface area contributed by atoms with E-state index < -0.39 is 5.91 Å². The van der Waals surface area contributed by atoms with Gasteiger partial charge in [-0.1, -0.05) is 48.5 Å². The molecule has 1 heterocycles. The molecule has 6 nitrogen and oxygen atoms in total. The summed E-state index contributed by atoms with van der Waals surface area (Å²) in [6.07, 6.45) is 3.49. The van der Waals surface area contributed by atoms with E-state index >= 15 is 0 Å². The van der Waals surface area contributed by atoms with Gasteiger partial charge in [0, 0.05) is 13.2 Å². The number of fused-ring (bicyclic) bond motifs is 1. The van der Waals surface area contributed by atoms with Crippen molar-refractivity contribution in [1.29, 1.82) is 5.26 Å². The van der Waals surface area contributed by atoms with E-state index in [0.717, 1.165) is 35.8 Å². The molecule has 0 saturated carbocycles. The third-order valence-corrected chi connectivity index (χ3v) is 5.72. The maximum absolute atomic E-state index is 12.5. The van der Waals surface area contributed by atoms with Crippen molar-refractivity contribution in [1.82, 2.24) is 5.32 Å². The Morgan fingerprint density at radius 2 is 2.00 bits per heavy atom. The van der Waals surface area contributed by atoms with Crippen molar-refractivity contribution in [3.05, 3.63) is 77.4 Å². The van der Waals surface area contributed by atoms with Crippen LogP contribution < -0.4 is 14.8 Å². The van der Waals surface area contributed by atoms with Crippen molar-refractivity contribution >= 4 is 22.8 Å². The highest BCUT2D eigenvalue weighted by Gasteiger charge is 2.18. The van der Waals surface area contributed by atoms with Crippen LogP contribution in [0.1, 0.15) is 30.9 Å². The molecular formula is C28H28N2O4. The average Bonchev–Trinajstić information content (AvgIpc) is 3.39. The van der Waals surface area contributed by atoms with Crippen LogP contribution in [0.2, 0.25) is 0 Å². The molecule has 0 radical (unpaired) electrons. The van der Waals surface area contributed by atoms with E-state index in [0.29, 0.717) is 36.8 Å². The van der Waals surface area contributed by atoms with Gasteiger partial charge in [0.25, 0.3) is 5.91 Å². The summed E-state index contributed by atoms with van der Waals surface area (Å²) in [6, 6.07) is 21.7. The molecule has 6 heteroatoms. The van der Waals surface area contributed by atoms with Crippen molar-refractivity contribution in [2.75, 3.05) is 19.8 Å². The number of rotatable bonds is 9. The van der Waals surface area contributed by atoms with Crippen LogP contribution in [-0.2, 0) is 16.1 Å². The van der Waals surface area contributed by atoms with Gasteiger partial charge in [-0.25, -0.2) is 0 Å². The Kier molecular flexibility index (Phi) is 7.79. The van der Waals surface area contributed by atoms with E-state index in [4.69, 9.17) is 14.2 Å².